The van der Waals surface area contributed by atoms with Crippen LogP contribution in [0, 0.1) is 6.92 Å². The number of nitrogens with zero attached hydrogens (tertiary/aromatic N) is 1. The highest BCUT2D eigenvalue weighted by molar-refractivity contribution is 7.99. The largest absolute Gasteiger partial charge is 0.338 e. The number of thioether (sulfide) groups is 1. The number of likely N-dealkylation sites (tertiary alicyclic amines) is 1. The fraction of sp³-hybridized carbons (Fsp3) is 0.533. The molecule has 1 aromatic rings. The first kappa shape index (κ1) is 14.4. The van der Waals surface area contributed by atoms with Gasteiger partial charge in [0.25, 0.3) is 0 Å². The van der Waals surface area contributed by atoms with Crippen LogP contribution >= 0.6 is 11.8 Å². The van der Waals surface area contributed by atoms with Crippen molar-refractivity contribution in [2.75, 3.05) is 18.8 Å². The molecule has 3 nitrogen and oxygen atoms in total. The van der Waals surface area contributed by atoms with Crippen molar-refractivity contribution in [1.82, 2.24) is 4.90 Å². The zero-order valence-corrected chi connectivity index (χ0v) is 12.3. The molecule has 1 aromatic carbocycles. The van der Waals surface area contributed by atoms with Gasteiger partial charge in [-0.05, 0) is 25.3 Å². The monoisotopic (exact) mass is 278 g/mol. The minimum absolute atomic E-state index is 0.241. The summed E-state index contributed by atoms with van der Waals surface area (Å²) in [6, 6.07) is 8.72. The molecule has 1 atom stereocenters. The summed E-state index contributed by atoms with van der Waals surface area (Å²) in [6.45, 7) is 3.56. The highest BCUT2D eigenvalue weighted by Gasteiger charge is 2.26. The number of carbonyl (C=O) groups excluding carboxylic acids is 1. The van der Waals surface area contributed by atoms with Crippen LogP contribution in [0.1, 0.15) is 24.0 Å². The number of nitrogens with two attached hydrogens (primary N) is 1. The molecule has 4 heteroatoms. The van der Waals surface area contributed by atoms with E-state index < -0.39 is 0 Å². The van der Waals surface area contributed by atoms with E-state index in [9.17, 15) is 4.79 Å². The number of hydrogen-bond donors (Lipinski definition) is 1. The fourth-order valence-electron chi connectivity index (χ4n) is 2.55. The van der Waals surface area contributed by atoms with Crippen LogP contribution < -0.4 is 5.73 Å². The van der Waals surface area contributed by atoms with Gasteiger partial charge in [-0.1, -0.05) is 29.8 Å². The third-order valence-electron chi connectivity index (χ3n) is 3.55. The summed E-state index contributed by atoms with van der Waals surface area (Å²) >= 11 is 1.69. The quantitative estimate of drug-likeness (QED) is 0.898. The lowest BCUT2D eigenvalue weighted by atomic mass is 10.2. The molecule has 1 aliphatic rings. The summed E-state index contributed by atoms with van der Waals surface area (Å²) in [5, 5.41) is 0. The number of rotatable bonds is 5. The zero-order valence-electron chi connectivity index (χ0n) is 11.5. The van der Waals surface area contributed by atoms with Gasteiger partial charge < -0.3 is 10.6 Å². The molecule has 2 rings (SSSR count). The van der Waals surface area contributed by atoms with Crippen LogP contribution in [0.3, 0.4) is 0 Å². The zero-order chi connectivity index (χ0) is 13.7. The maximum absolute atomic E-state index is 12.1. The van der Waals surface area contributed by atoms with E-state index in [0.717, 1.165) is 25.1 Å². The Labute approximate surface area is 119 Å². The summed E-state index contributed by atoms with van der Waals surface area (Å²) in [5.41, 5.74) is 8.25. The summed E-state index contributed by atoms with van der Waals surface area (Å²) in [6.07, 6.45) is 2.15. The number of carbonyl (C=O) groups is 1. The molecular weight excluding hydrogens is 256 g/mol. The van der Waals surface area contributed by atoms with E-state index in [4.69, 9.17) is 5.73 Å². The summed E-state index contributed by atoms with van der Waals surface area (Å²) in [5.74, 6) is 1.70. The van der Waals surface area contributed by atoms with Crippen LogP contribution in [-0.4, -0.2) is 35.7 Å². The van der Waals surface area contributed by atoms with Crippen LogP contribution in [0.15, 0.2) is 24.3 Å². The van der Waals surface area contributed by atoms with Crippen LogP contribution in [0.25, 0.3) is 0 Å². The van der Waals surface area contributed by atoms with Crippen molar-refractivity contribution in [2.24, 2.45) is 5.73 Å². The Balaban J connectivity index is 1.78. The van der Waals surface area contributed by atoms with E-state index >= 15 is 0 Å². The first-order chi connectivity index (χ1) is 9.20. The predicted molar refractivity (Wildman–Crippen MR) is 81.1 cm³/mol. The maximum Gasteiger partial charge on any atom is 0.232 e. The Hall–Kier alpha value is -1.00. The van der Waals surface area contributed by atoms with Crippen molar-refractivity contribution in [3.63, 3.8) is 0 Å². The van der Waals surface area contributed by atoms with Gasteiger partial charge in [0.05, 0.1) is 5.75 Å². The molecule has 104 valence electrons. The van der Waals surface area contributed by atoms with E-state index in [1.54, 1.807) is 11.8 Å². The Morgan fingerprint density at radius 3 is 3.11 bits per heavy atom. The predicted octanol–water partition coefficient (Wildman–Crippen LogP) is 2.18. The van der Waals surface area contributed by atoms with Gasteiger partial charge in [-0.25, -0.2) is 0 Å². The normalized spacial score (nSPS) is 18.8. The molecule has 2 N–H and O–H groups in total. The van der Waals surface area contributed by atoms with Gasteiger partial charge in [-0.15, -0.1) is 11.8 Å². The number of benzene rings is 1. The van der Waals surface area contributed by atoms with Gasteiger partial charge in [0.15, 0.2) is 0 Å². The van der Waals surface area contributed by atoms with Gasteiger partial charge >= 0.3 is 0 Å². The Morgan fingerprint density at radius 2 is 2.37 bits per heavy atom. The van der Waals surface area contributed by atoms with E-state index in [1.165, 1.54) is 11.1 Å². The molecule has 1 amide bonds. The molecule has 19 heavy (non-hydrogen) atoms. The third kappa shape index (κ3) is 3.98. The molecule has 1 saturated heterocycles. The van der Waals surface area contributed by atoms with Gasteiger partial charge in [0.2, 0.25) is 5.91 Å². The van der Waals surface area contributed by atoms with E-state index in [-0.39, 0.29) is 11.9 Å². The molecule has 0 aliphatic carbocycles. The number of hydrogen-bond acceptors (Lipinski definition) is 3. The SMILES string of the molecule is Cc1cccc(CSCC(=O)N2CCCC2CN)c1. The second-order valence-electron chi connectivity index (χ2n) is 5.10. The second-order valence-corrected chi connectivity index (χ2v) is 6.09. The highest BCUT2D eigenvalue weighted by atomic mass is 32.2. The fourth-order valence-corrected chi connectivity index (χ4v) is 3.41. The van der Waals surface area contributed by atoms with E-state index in [1.807, 2.05) is 4.90 Å². The highest BCUT2D eigenvalue weighted by Crippen LogP contribution is 2.19. The Bertz CT molecular complexity index is 436. The Kier molecular flexibility index (Phi) is 5.28. The molecule has 0 radical (unpaired) electrons. The van der Waals surface area contributed by atoms with Gasteiger partial charge in [-0.3, -0.25) is 4.79 Å². The summed E-state index contributed by atoms with van der Waals surface area (Å²) in [7, 11) is 0. The lowest BCUT2D eigenvalue weighted by molar-refractivity contribution is -0.128. The minimum atomic E-state index is 0.241. The smallest absolute Gasteiger partial charge is 0.232 e. The topological polar surface area (TPSA) is 46.3 Å². The summed E-state index contributed by atoms with van der Waals surface area (Å²) in [4.78, 5) is 14.1. The lowest BCUT2D eigenvalue weighted by Gasteiger charge is -2.23. The molecule has 0 spiro atoms. The van der Waals surface area contributed by atoms with Crippen molar-refractivity contribution in [1.29, 1.82) is 0 Å². The van der Waals surface area contributed by atoms with E-state index in [0.29, 0.717) is 12.3 Å². The molecule has 1 fully saturated rings. The molecule has 1 aliphatic heterocycles. The number of aryl methyl sites for hydroxylation is 1. The van der Waals surface area contributed by atoms with Gasteiger partial charge in [0.1, 0.15) is 0 Å². The standard InChI is InChI=1S/C15H22N2OS/c1-12-4-2-5-13(8-12)10-19-11-15(18)17-7-3-6-14(17)9-16/h2,4-5,8,14H,3,6-7,9-11,16H2,1H3. The average molecular weight is 278 g/mol. The first-order valence-electron chi connectivity index (χ1n) is 6.83. The lowest BCUT2D eigenvalue weighted by Crippen LogP contribution is -2.40. The average Bonchev–Trinajstić information content (AvgIpc) is 2.87. The van der Waals surface area contributed by atoms with Gasteiger partial charge in [-0.2, -0.15) is 0 Å². The third-order valence-corrected chi connectivity index (χ3v) is 4.53. The van der Waals surface area contributed by atoms with Crippen LogP contribution in [0.2, 0.25) is 0 Å². The minimum Gasteiger partial charge on any atom is -0.338 e. The van der Waals surface area contributed by atoms with Crippen molar-refractivity contribution >= 4 is 17.7 Å². The number of amides is 1. The van der Waals surface area contributed by atoms with Crippen molar-refractivity contribution in [3.05, 3.63) is 35.4 Å². The molecule has 0 bridgehead atoms. The van der Waals surface area contributed by atoms with Crippen LogP contribution in [-0.2, 0) is 10.5 Å². The van der Waals surface area contributed by atoms with Crippen molar-refractivity contribution in [2.45, 2.75) is 31.6 Å². The van der Waals surface area contributed by atoms with Crippen molar-refractivity contribution < 1.29 is 4.79 Å². The maximum atomic E-state index is 12.1. The van der Waals surface area contributed by atoms with Crippen LogP contribution in [0.4, 0.5) is 0 Å². The molecule has 1 unspecified atom stereocenters. The molecular formula is C15H22N2OS. The molecule has 1 heterocycles. The summed E-state index contributed by atoms with van der Waals surface area (Å²) < 4.78 is 0. The van der Waals surface area contributed by atoms with Crippen molar-refractivity contribution in [3.8, 4) is 0 Å². The molecule has 0 aromatic heterocycles. The Morgan fingerprint density at radius 1 is 1.53 bits per heavy atom. The van der Waals surface area contributed by atoms with Gasteiger partial charge in [0, 0.05) is 24.9 Å². The first-order valence-corrected chi connectivity index (χ1v) is 7.99. The second kappa shape index (κ2) is 6.96. The van der Waals surface area contributed by atoms with E-state index in [2.05, 4.69) is 31.2 Å². The molecule has 0 saturated carbocycles. The van der Waals surface area contributed by atoms with Crippen LogP contribution in [0.5, 0.6) is 0 Å².